The molecule has 1 amide bonds. The standard InChI is InChI=1S/C17H22ClF3N4O/c18-14-8-12(17(19,20)21)9-23-15(14)25-6-3-11(4-7-25)16(26)24-13-2-1-5-22-10-13/h8-9,11,13,22H,1-7,10H2,(H,24,26)/t13-/m0/s1. The van der Waals surface area contributed by atoms with E-state index in [9.17, 15) is 18.0 Å². The first-order valence-electron chi connectivity index (χ1n) is 8.83. The average molecular weight is 391 g/mol. The van der Waals surface area contributed by atoms with Crippen LogP contribution in [0.1, 0.15) is 31.2 Å². The van der Waals surface area contributed by atoms with Crippen molar-refractivity contribution in [2.75, 3.05) is 31.1 Å². The molecule has 2 fully saturated rings. The van der Waals surface area contributed by atoms with E-state index in [0.29, 0.717) is 31.7 Å². The van der Waals surface area contributed by atoms with Crippen LogP contribution >= 0.6 is 11.6 Å². The summed E-state index contributed by atoms with van der Waals surface area (Å²) in [6.45, 7) is 2.87. The molecule has 1 atom stereocenters. The molecule has 1 aromatic heterocycles. The molecule has 0 saturated carbocycles. The highest BCUT2D eigenvalue weighted by Gasteiger charge is 2.33. The molecule has 144 valence electrons. The van der Waals surface area contributed by atoms with E-state index < -0.39 is 11.7 Å². The van der Waals surface area contributed by atoms with E-state index in [1.165, 1.54) is 0 Å². The van der Waals surface area contributed by atoms with Gasteiger partial charge in [0.1, 0.15) is 5.82 Å². The lowest BCUT2D eigenvalue weighted by Crippen LogP contribution is -2.49. The Morgan fingerprint density at radius 2 is 2.04 bits per heavy atom. The van der Waals surface area contributed by atoms with Gasteiger partial charge in [-0.05, 0) is 38.3 Å². The van der Waals surface area contributed by atoms with Crippen molar-refractivity contribution >= 4 is 23.3 Å². The lowest BCUT2D eigenvalue weighted by molar-refractivity contribution is -0.137. The molecule has 3 heterocycles. The first kappa shape index (κ1) is 19.2. The molecule has 2 aliphatic rings. The van der Waals surface area contributed by atoms with Crippen LogP contribution in [0.15, 0.2) is 12.3 Å². The number of carbonyl (C=O) groups excluding carboxylic acids is 1. The van der Waals surface area contributed by atoms with Gasteiger partial charge in [-0.25, -0.2) is 4.98 Å². The van der Waals surface area contributed by atoms with E-state index >= 15 is 0 Å². The van der Waals surface area contributed by atoms with Crippen LogP contribution in [0, 0.1) is 5.92 Å². The lowest BCUT2D eigenvalue weighted by atomic mass is 9.95. The summed E-state index contributed by atoms with van der Waals surface area (Å²) in [6, 6.07) is 1.08. The third kappa shape index (κ3) is 4.59. The predicted molar refractivity (Wildman–Crippen MR) is 93.2 cm³/mol. The van der Waals surface area contributed by atoms with Crippen molar-refractivity contribution in [3.63, 3.8) is 0 Å². The van der Waals surface area contributed by atoms with Crippen molar-refractivity contribution in [2.24, 2.45) is 5.92 Å². The highest BCUT2D eigenvalue weighted by Crippen LogP contribution is 2.34. The number of pyridine rings is 1. The third-order valence-corrected chi connectivity index (χ3v) is 5.24. The number of aromatic nitrogens is 1. The summed E-state index contributed by atoms with van der Waals surface area (Å²) in [5, 5.41) is 6.34. The molecular formula is C17H22ClF3N4O. The smallest absolute Gasteiger partial charge is 0.355 e. The number of piperidine rings is 2. The van der Waals surface area contributed by atoms with E-state index in [1.54, 1.807) is 0 Å². The molecule has 2 saturated heterocycles. The summed E-state index contributed by atoms with van der Waals surface area (Å²) >= 11 is 6.01. The lowest BCUT2D eigenvalue weighted by Gasteiger charge is -2.34. The zero-order chi connectivity index (χ0) is 18.7. The van der Waals surface area contributed by atoms with Gasteiger partial charge in [-0.2, -0.15) is 13.2 Å². The molecular weight excluding hydrogens is 369 g/mol. The Balaban J connectivity index is 1.55. The minimum atomic E-state index is -4.46. The Kier molecular flexibility index (Phi) is 5.92. The molecule has 0 aromatic carbocycles. The Hall–Kier alpha value is -1.54. The molecule has 3 rings (SSSR count). The van der Waals surface area contributed by atoms with Crippen molar-refractivity contribution in [3.05, 3.63) is 22.8 Å². The zero-order valence-electron chi connectivity index (χ0n) is 14.3. The van der Waals surface area contributed by atoms with Crippen LogP contribution in [0.2, 0.25) is 5.02 Å². The van der Waals surface area contributed by atoms with Crippen molar-refractivity contribution in [1.82, 2.24) is 15.6 Å². The third-order valence-electron chi connectivity index (χ3n) is 4.96. The van der Waals surface area contributed by atoms with Gasteiger partial charge in [0.05, 0.1) is 10.6 Å². The number of rotatable bonds is 3. The van der Waals surface area contributed by atoms with Crippen molar-refractivity contribution in [2.45, 2.75) is 37.9 Å². The normalized spacial score (nSPS) is 22.3. The number of nitrogens with one attached hydrogen (secondary N) is 2. The maximum Gasteiger partial charge on any atom is 0.417 e. The molecule has 2 N–H and O–H groups in total. The van der Waals surface area contributed by atoms with Gasteiger partial charge in [0.15, 0.2) is 0 Å². The summed E-state index contributed by atoms with van der Waals surface area (Å²) in [5.74, 6) is 0.321. The van der Waals surface area contributed by atoms with Crippen LogP contribution in [0.4, 0.5) is 19.0 Å². The van der Waals surface area contributed by atoms with Crippen molar-refractivity contribution in [1.29, 1.82) is 0 Å². The average Bonchev–Trinajstić information content (AvgIpc) is 2.62. The van der Waals surface area contributed by atoms with Gasteiger partial charge in [-0.3, -0.25) is 4.79 Å². The summed E-state index contributed by atoms with van der Waals surface area (Å²) in [5.41, 5.74) is -0.860. The number of alkyl halides is 3. The van der Waals surface area contributed by atoms with E-state index in [1.807, 2.05) is 4.90 Å². The summed E-state index contributed by atoms with van der Waals surface area (Å²) in [4.78, 5) is 18.1. The molecule has 1 aromatic rings. The molecule has 0 unspecified atom stereocenters. The number of halogens is 4. The van der Waals surface area contributed by atoms with Crippen LogP contribution in [0.5, 0.6) is 0 Å². The quantitative estimate of drug-likeness (QED) is 0.833. The van der Waals surface area contributed by atoms with Crippen LogP contribution in [0.25, 0.3) is 0 Å². The SMILES string of the molecule is O=C(N[C@H]1CCCNC1)C1CCN(c2ncc(C(F)(F)F)cc2Cl)CC1. The number of hydrogen-bond donors (Lipinski definition) is 2. The second-order valence-electron chi connectivity index (χ2n) is 6.84. The maximum absolute atomic E-state index is 12.7. The summed E-state index contributed by atoms with van der Waals surface area (Å²) < 4.78 is 38.1. The van der Waals surface area contributed by atoms with Gasteiger partial charge in [-0.1, -0.05) is 11.6 Å². The first-order valence-corrected chi connectivity index (χ1v) is 9.21. The van der Waals surface area contributed by atoms with E-state index in [4.69, 9.17) is 11.6 Å². The highest BCUT2D eigenvalue weighted by molar-refractivity contribution is 6.33. The monoisotopic (exact) mass is 390 g/mol. The predicted octanol–water partition coefficient (Wildman–Crippen LogP) is 2.84. The van der Waals surface area contributed by atoms with Crippen molar-refractivity contribution in [3.8, 4) is 0 Å². The van der Waals surface area contributed by atoms with Crippen LogP contribution < -0.4 is 15.5 Å². The highest BCUT2D eigenvalue weighted by atomic mass is 35.5. The second-order valence-corrected chi connectivity index (χ2v) is 7.25. The number of nitrogens with zero attached hydrogens (tertiary/aromatic N) is 2. The molecule has 9 heteroatoms. The number of amides is 1. The largest absolute Gasteiger partial charge is 0.417 e. The Labute approximate surface area is 155 Å². The zero-order valence-corrected chi connectivity index (χ0v) is 15.0. The molecule has 0 aliphatic carbocycles. The van der Waals surface area contributed by atoms with Gasteiger partial charge in [0.25, 0.3) is 0 Å². The number of anilines is 1. The van der Waals surface area contributed by atoms with Crippen LogP contribution in [0.3, 0.4) is 0 Å². The Morgan fingerprint density at radius 3 is 2.62 bits per heavy atom. The van der Waals surface area contributed by atoms with Gasteiger partial charge in [-0.15, -0.1) is 0 Å². The first-order chi connectivity index (χ1) is 12.3. The second kappa shape index (κ2) is 8.00. The minimum absolute atomic E-state index is 0.0176. The van der Waals surface area contributed by atoms with Gasteiger partial charge in [0.2, 0.25) is 5.91 Å². The van der Waals surface area contributed by atoms with E-state index in [2.05, 4.69) is 15.6 Å². The van der Waals surface area contributed by atoms with Gasteiger partial charge in [0, 0.05) is 37.8 Å². The topological polar surface area (TPSA) is 57.3 Å². The van der Waals surface area contributed by atoms with Gasteiger partial charge < -0.3 is 15.5 Å². The molecule has 5 nitrogen and oxygen atoms in total. The van der Waals surface area contributed by atoms with Crippen LogP contribution in [-0.4, -0.2) is 43.1 Å². The number of carbonyl (C=O) groups is 1. The molecule has 0 bridgehead atoms. The fourth-order valence-corrected chi connectivity index (χ4v) is 3.75. The fourth-order valence-electron chi connectivity index (χ4n) is 3.47. The minimum Gasteiger partial charge on any atom is -0.355 e. The Morgan fingerprint density at radius 1 is 1.31 bits per heavy atom. The van der Waals surface area contributed by atoms with Gasteiger partial charge >= 0.3 is 6.18 Å². The summed E-state index contributed by atoms with van der Waals surface area (Å²) in [7, 11) is 0. The number of hydrogen-bond acceptors (Lipinski definition) is 4. The maximum atomic E-state index is 12.7. The van der Waals surface area contributed by atoms with Crippen molar-refractivity contribution < 1.29 is 18.0 Å². The molecule has 2 aliphatic heterocycles. The fraction of sp³-hybridized carbons (Fsp3) is 0.647. The van der Waals surface area contributed by atoms with E-state index in [-0.39, 0.29) is 22.9 Å². The van der Waals surface area contributed by atoms with Crippen LogP contribution in [-0.2, 0) is 11.0 Å². The molecule has 0 spiro atoms. The Bertz CT molecular complexity index is 641. The molecule has 0 radical (unpaired) electrons. The summed E-state index contributed by atoms with van der Waals surface area (Å²) in [6.07, 6.45) is -0.357. The molecule has 26 heavy (non-hydrogen) atoms. The van der Waals surface area contributed by atoms with E-state index in [0.717, 1.165) is 38.2 Å².